The molecule has 1 heterocycles. The van der Waals surface area contributed by atoms with Crippen LogP contribution in [0.25, 0.3) is 0 Å². The van der Waals surface area contributed by atoms with Crippen LogP contribution in [0.1, 0.15) is 17.3 Å². The summed E-state index contributed by atoms with van der Waals surface area (Å²) in [5, 5.41) is 0.408. The van der Waals surface area contributed by atoms with Gasteiger partial charge in [0, 0.05) is 24.1 Å². The maximum absolute atomic E-state index is 13.5. The predicted molar refractivity (Wildman–Crippen MR) is 72.0 cm³/mol. The summed E-state index contributed by atoms with van der Waals surface area (Å²) in [5.74, 6) is 5.51. The number of anilines is 1. The normalized spacial score (nSPS) is 19.7. The first kappa shape index (κ1) is 13.2. The Labute approximate surface area is 110 Å². The van der Waals surface area contributed by atoms with Crippen LogP contribution in [0.5, 0.6) is 0 Å². The molecule has 4 nitrogen and oxygen atoms in total. The second kappa shape index (κ2) is 5.58. The number of nitrogens with one attached hydrogen (secondary N) is 1. The van der Waals surface area contributed by atoms with Gasteiger partial charge >= 0.3 is 0 Å². The van der Waals surface area contributed by atoms with E-state index < -0.39 is 5.82 Å². The Balaban J connectivity index is 2.25. The van der Waals surface area contributed by atoms with Gasteiger partial charge in [0.1, 0.15) is 5.82 Å². The van der Waals surface area contributed by atoms with Crippen LogP contribution in [0.3, 0.4) is 0 Å². The SMILES string of the molecule is CC1CN(C(=O)c2cccc(F)c2NN)CCS1. The lowest BCUT2D eigenvalue weighted by Gasteiger charge is -2.31. The second-order valence-electron chi connectivity index (χ2n) is 4.24. The number of carbonyl (C=O) groups excluding carboxylic acids is 1. The van der Waals surface area contributed by atoms with E-state index in [0.29, 0.717) is 18.3 Å². The molecule has 1 amide bonds. The Kier molecular flexibility index (Phi) is 4.08. The minimum absolute atomic E-state index is 0.0633. The molecule has 0 saturated carbocycles. The van der Waals surface area contributed by atoms with E-state index >= 15 is 0 Å². The molecule has 0 aliphatic carbocycles. The van der Waals surface area contributed by atoms with Crippen LogP contribution in [-0.4, -0.2) is 34.9 Å². The molecule has 2 rings (SSSR count). The largest absolute Gasteiger partial charge is 0.337 e. The van der Waals surface area contributed by atoms with Gasteiger partial charge in [0.2, 0.25) is 0 Å². The summed E-state index contributed by atoms with van der Waals surface area (Å²) in [4.78, 5) is 14.1. The van der Waals surface area contributed by atoms with Gasteiger partial charge in [0.15, 0.2) is 0 Å². The molecular formula is C12H16FN3OS. The van der Waals surface area contributed by atoms with Crippen molar-refractivity contribution in [2.45, 2.75) is 12.2 Å². The van der Waals surface area contributed by atoms with Gasteiger partial charge in [-0.2, -0.15) is 11.8 Å². The molecule has 3 N–H and O–H groups in total. The second-order valence-corrected chi connectivity index (χ2v) is 5.79. The van der Waals surface area contributed by atoms with Crippen LogP contribution in [0.15, 0.2) is 18.2 Å². The van der Waals surface area contributed by atoms with E-state index in [1.165, 1.54) is 12.1 Å². The Morgan fingerprint density at radius 2 is 2.39 bits per heavy atom. The summed E-state index contributed by atoms with van der Waals surface area (Å²) in [6, 6.07) is 4.39. The van der Waals surface area contributed by atoms with Crippen LogP contribution >= 0.6 is 11.8 Å². The van der Waals surface area contributed by atoms with Gasteiger partial charge in [0.05, 0.1) is 11.3 Å². The average molecular weight is 269 g/mol. The van der Waals surface area contributed by atoms with Crippen LogP contribution in [-0.2, 0) is 0 Å². The number of hydrogen-bond acceptors (Lipinski definition) is 4. The highest BCUT2D eigenvalue weighted by atomic mass is 32.2. The van der Waals surface area contributed by atoms with E-state index in [2.05, 4.69) is 12.3 Å². The van der Waals surface area contributed by atoms with Gasteiger partial charge in [-0.05, 0) is 12.1 Å². The summed E-state index contributed by atoms with van der Waals surface area (Å²) in [5.41, 5.74) is 2.62. The minimum atomic E-state index is -0.511. The first-order valence-corrected chi connectivity index (χ1v) is 6.84. The molecule has 1 fully saturated rings. The fourth-order valence-corrected chi connectivity index (χ4v) is 3.04. The first-order valence-electron chi connectivity index (χ1n) is 5.79. The van der Waals surface area contributed by atoms with Gasteiger partial charge in [-0.25, -0.2) is 4.39 Å². The highest BCUT2D eigenvalue weighted by Gasteiger charge is 2.24. The molecule has 18 heavy (non-hydrogen) atoms. The van der Waals surface area contributed by atoms with Crippen molar-refractivity contribution in [3.05, 3.63) is 29.6 Å². The van der Waals surface area contributed by atoms with Crippen molar-refractivity contribution in [2.75, 3.05) is 24.3 Å². The summed E-state index contributed by atoms with van der Waals surface area (Å²) in [7, 11) is 0. The smallest absolute Gasteiger partial charge is 0.256 e. The number of nitrogens with zero attached hydrogens (tertiary/aromatic N) is 1. The third kappa shape index (κ3) is 2.59. The summed E-state index contributed by atoms with van der Waals surface area (Å²) < 4.78 is 13.5. The number of nitrogens with two attached hydrogens (primary N) is 1. The number of carbonyl (C=O) groups is 1. The van der Waals surface area contributed by atoms with Crippen molar-refractivity contribution in [3.63, 3.8) is 0 Å². The Morgan fingerprint density at radius 1 is 1.61 bits per heavy atom. The van der Waals surface area contributed by atoms with Crippen molar-refractivity contribution in [1.82, 2.24) is 4.90 Å². The number of para-hydroxylation sites is 1. The Hall–Kier alpha value is -1.27. The van der Waals surface area contributed by atoms with Crippen LogP contribution in [0.2, 0.25) is 0 Å². The van der Waals surface area contributed by atoms with Gasteiger partial charge in [0.25, 0.3) is 5.91 Å². The molecule has 0 spiro atoms. The van der Waals surface area contributed by atoms with Gasteiger partial charge < -0.3 is 10.3 Å². The van der Waals surface area contributed by atoms with Crippen LogP contribution in [0.4, 0.5) is 10.1 Å². The molecule has 1 aliphatic rings. The monoisotopic (exact) mass is 269 g/mol. The topological polar surface area (TPSA) is 58.4 Å². The van der Waals surface area contributed by atoms with E-state index in [4.69, 9.17) is 5.84 Å². The van der Waals surface area contributed by atoms with Crippen molar-refractivity contribution in [3.8, 4) is 0 Å². The summed E-state index contributed by atoms with van der Waals surface area (Å²) >= 11 is 1.84. The molecule has 6 heteroatoms. The van der Waals surface area contributed by atoms with Crippen molar-refractivity contribution in [1.29, 1.82) is 0 Å². The molecule has 0 radical (unpaired) electrons. The van der Waals surface area contributed by atoms with Crippen molar-refractivity contribution >= 4 is 23.4 Å². The number of hydrazine groups is 1. The Bertz CT molecular complexity index is 455. The minimum Gasteiger partial charge on any atom is -0.337 e. The maximum Gasteiger partial charge on any atom is 0.256 e. The third-order valence-corrected chi connectivity index (χ3v) is 4.05. The number of nitrogen functional groups attached to an aromatic ring is 1. The maximum atomic E-state index is 13.5. The molecule has 1 aromatic carbocycles. The number of halogens is 1. The fourth-order valence-electron chi connectivity index (χ4n) is 2.02. The Morgan fingerprint density at radius 3 is 3.06 bits per heavy atom. The summed E-state index contributed by atoms with van der Waals surface area (Å²) in [6.07, 6.45) is 0. The zero-order valence-electron chi connectivity index (χ0n) is 10.1. The molecule has 1 unspecified atom stereocenters. The van der Waals surface area contributed by atoms with Crippen LogP contribution < -0.4 is 11.3 Å². The van der Waals surface area contributed by atoms with Gasteiger partial charge in [-0.1, -0.05) is 13.0 Å². The fraction of sp³-hybridized carbons (Fsp3) is 0.417. The summed E-state index contributed by atoms with van der Waals surface area (Å²) in [6.45, 7) is 3.45. The molecular weight excluding hydrogens is 253 g/mol. The molecule has 1 atom stereocenters. The number of thioether (sulfide) groups is 1. The average Bonchev–Trinajstić information content (AvgIpc) is 2.37. The van der Waals surface area contributed by atoms with E-state index in [9.17, 15) is 9.18 Å². The lowest BCUT2D eigenvalue weighted by Crippen LogP contribution is -2.41. The van der Waals surface area contributed by atoms with Gasteiger partial charge in [-0.15, -0.1) is 0 Å². The predicted octanol–water partition coefficient (Wildman–Crippen LogP) is 1.69. The molecule has 0 aromatic heterocycles. The molecule has 1 aliphatic heterocycles. The van der Waals surface area contributed by atoms with E-state index in [1.807, 2.05) is 11.8 Å². The zero-order valence-corrected chi connectivity index (χ0v) is 11.0. The molecule has 1 aromatic rings. The van der Waals surface area contributed by atoms with E-state index in [-0.39, 0.29) is 17.2 Å². The number of benzene rings is 1. The zero-order chi connectivity index (χ0) is 13.1. The molecule has 0 bridgehead atoms. The lowest BCUT2D eigenvalue weighted by atomic mass is 10.1. The van der Waals surface area contributed by atoms with Crippen LogP contribution in [0, 0.1) is 5.82 Å². The van der Waals surface area contributed by atoms with Crippen molar-refractivity contribution < 1.29 is 9.18 Å². The van der Waals surface area contributed by atoms with E-state index in [0.717, 1.165) is 5.75 Å². The first-order chi connectivity index (χ1) is 8.63. The molecule has 1 saturated heterocycles. The lowest BCUT2D eigenvalue weighted by molar-refractivity contribution is 0.0763. The van der Waals surface area contributed by atoms with Gasteiger partial charge in [-0.3, -0.25) is 10.6 Å². The third-order valence-electron chi connectivity index (χ3n) is 2.92. The highest BCUT2D eigenvalue weighted by molar-refractivity contribution is 7.99. The van der Waals surface area contributed by atoms with E-state index in [1.54, 1.807) is 11.0 Å². The quantitative estimate of drug-likeness (QED) is 0.633. The standard InChI is InChI=1S/C12H16FN3OS/c1-8-7-16(5-6-18-8)12(17)9-3-2-4-10(13)11(9)15-14/h2-4,8,15H,5-7,14H2,1H3. The highest BCUT2D eigenvalue weighted by Crippen LogP contribution is 2.24. The number of hydrogen-bond donors (Lipinski definition) is 2. The molecule has 98 valence electrons. The van der Waals surface area contributed by atoms with Crippen molar-refractivity contribution in [2.24, 2.45) is 5.84 Å². The number of rotatable bonds is 2. The number of amides is 1.